The van der Waals surface area contributed by atoms with Crippen molar-refractivity contribution in [3.05, 3.63) is 34.4 Å². The number of nitrogens with one attached hydrogen (secondary N) is 1. The molecule has 0 amide bonds. The molecule has 2 aromatic rings. The Bertz CT molecular complexity index is 517. The number of aromatic amines is 1. The molecule has 90 valence electrons. The van der Waals surface area contributed by atoms with E-state index in [1.807, 2.05) is 18.2 Å². The predicted molar refractivity (Wildman–Crippen MR) is 74.7 cm³/mol. The largest absolute Gasteiger partial charge is 0.382 e. The highest BCUT2D eigenvalue weighted by molar-refractivity contribution is 9.10. The van der Waals surface area contributed by atoms with Crippen LogP contribution in [0.3, 0.4) is 0 Å². The van der Waals surface area contributed by atoms with Crippen LogP contribution >= 0.6 is 15.9 Å². The number of nitrogens with two attached hydrogens (primary N) is 1. The quantitative estimate of drug-likeness (QED) is 0.908. The summed E-state index contributed by atoms with van der Waals surface area (Å²) in [6.45, 7) is 4.36. The van der Waals surface area contributed by atoms with Crippen molar-refractivity contribution in [2.45, 2.75) is 20.3 Å². The van der Waals surface area contributed by atoms with Crippen LogP contribution in [0.25, 0.3) is 11.1 Å². The topological polar surface area (TPSA) is 54.7 Å². The number of hydrogen-bond donors (Lipinski definition) is 2. The molecule has 0 atom stereocenters. The van der Waals surface area contributed by atoms with Crippen molar-refractivity contribution in [2.75, 3.05) is 5.73 Å². The minimum atomic E-state index is 0.563. The lowest BCUT2D eigenvalue weighted by molar-refractivity contribution is 0.634. The van der Waals surface area contributed by atoms with Gasteiger partial charge in [-0.2, -0.15) is 5.10 Å². The van der Waals surface area contributed by atoms with Gasteiger partial charge >= 0.3 is 0 Å². The van der Waals surface area contributed by atoms with Gasteiger partial charge in [0.15, 0.2) is 5.82 Å². The van der Waals surface area contributed by atoms with Gasteiger partial charge in [0.05, 0.1) is 0 Å². The first-order valence-electron chi connectivity index (χ1n) is 5.67. The molecular formula is C13H16BrN3. The zero-order chi connectivity index (χ0) is 12.4. The lowest BCUT2D eigenvalue weighted by Crippen LogP contribution is -1.97. The zero-order valence-corrected chi connectivity index (χ0v) is 11.6. The molecule has 3 nitrogen and oxygen atoms in total. The fourth-order valence-corrected chi connectivity index (χ4v) is 2.40. The van der Waals surface area contributed by atoms with Gasteiger partial charge in [-0.15, -0.1) is 0 Å². The molecule has 0 saturated heterocycles. The maximum absolute atomic E-state index is 5.95. The Labute approximate surface area is 110 Å². The standard InChI is InChI=1S/C13H16BrN3/c1-8(2)7-11-12(13(15)17-16-11)9-5-3-4-6-10(9)14/h3-6,8H,7H2,1-2H3,(H3,15,16,17). The Hall–Kier alpha value is -1.29. The second-order valence-corrected chi connectivity index (χ2v) is 5.39. The molecule has 1 heterocycles. The van der Waals surface area contributed by atoms with Crippen LogP contribution in [0.15, 0.2) is 28.7 Å². The van der Waals surface area contributed by atoms with Crippen LogP contribution in [-0.2, 0) is 6.42 Å². The molecule has 0 spiro atoms. The van der Waals surface area contributed by atoms with E-state index in [0.717, 1.165) is 27.7 Å². The van der Waals surface area contributed by atoms with Crippen LogP contribution in [0.1, 0.15) is 19.5 Å². The third kappa shape index (κ3) is 2.52. The summed E-state index contributed by atoms with van der Waals surface area (Å²) in [5.74, 6) is 1.13. The van der Waals surface area contributed by atoms with Gasteiger partial charge in [0.1, 0.15) is 0 Å². The van der Waals surface area contributed by atoms with Gasteiger partial charge in [-0.1, -0.05) is 48.0 Å². The van der Waals surface area contributed by atoms with Gasteiger partial charge in [-0.25, -0.2) is 0 Å². The minimum Gasteiger partial charge on any atom is -0.382 e. The Morgan fingerprint density at radius 1 is 1.35 bits per heavy atom. The van der Waals surface area contributed by atoms with Crippen LogP contribution in [0.2, 0.25) is 0 Å². The van der Waals surface area contributed by atoms with E-state index in [4.69, 9.17) is 5.73 Å². The number of anilines is 1. The molecule has 0 aliphatic carbocycles. The number of H-pyrrole nitrogens is 1. The first-order chi connectivity index (χ1) is 8.09. The Morgan fingerprint density at radius 2 is 2.06 bits per heavy atom. The minimum absolute atomic E-state index is 0.563. The molecule has 17 heavy (non-hydrogen) atoms. The molecule has 0 bridgehead atoms. The van der Waals surface area contributed by atoms with Crippen molar-refractivity contribution in [2.24, 2.45) is 5.92 Å². The van der Waals surface area contributed by atoms with E-state index in [2.05, 4.69) is 46.0 Å². The summed E-state index contributed by atoms with van der Waals surface area (Å²) in [6.07, 6.45) is 0.945. The van der Waals surface area contributed by atoms with Gasteiger partial charge in [-0.05, 0) is 18.4 Å². The molecule has 0 unspecified atom stereocenters. The summed E-state index contributed by atoms with van der Waals surface area (Å²) in [5.41, 5.74) is 9.17. The number of nitrogen functional groups attached to an aromatic ring is 1. The zero-order valence-electron chi connectivity index (χ0n) is 10.00. The van der Waals surface area contributed by atoms with Gasteiger partial charge < -0.3 is 5.73 Å². The van der Waals surface area contributed by atoms with Crippen molar-refractivity contribution in [1.82, 2.24) is 10.2 Å². The van der Waals surface area contributed by atoms with Gasteiger partial charge in [0, 0.05) is 21.3 Å². The van der Waals surface area contributed by atoms with Gasteiger partial charge in [0.2, 0.25) is 0 Å². The average molecular weight is 294 g/mol. The molecule has 3 N–H and O–H groups in total. The van der Waals surface area contributed by atoms with E-state index in [0.29, 0.717) is 11.7 Å². The van der Waals surface area contributed by atoms with Crippen LogP contribution in [0.5, 0.6) is 0 Å². The predicted octanol–water partition coefficient (Wildman–Crippen LogP) is 3.62. The highest BCUT2D eigenvalue weighted by atomic mass is 79.9. The van der Waals surface area contributed by atoms with Crippen molar-refractivity contribution >= 4 is 21.7 Å². The summed E-state index contributed by atoms with van der Waals surface area (Å²) in [5, 5.41) is 7.15. The molecule has 0 aliphatic rings. The molecule has 0 fully saturated rings. The SMILES string of the molecule is CC(C)Cc1[nH]nc(N)c1-c1ccccc1Br. The maximum atomic E-state index is 5.95. The first-order valence-corrected chi connectivity index (χ1v) is 6.46. The summed E-state index contributed by atoms with van der Waals surface area (Å²) >= 11 is 3.56. The molecular weight excluding hydrogens is 278 g/mol. The van der Waals surface area contributed by atoms with E-state index in [1.165, 1.54) is 0 Å². The average Bonchev–Trinajstić information content (AvgIpc) is 2.60. The van der Waals surface area contributed by atoms with Crippen LogP contribution in [0, 0.1) is 5.92 Å². The van der Waals surface area contributed by atoms with E-state index < -0.39 is 0 Å². The van der Waals surface area contributed by atoms with E-state index >= 15 is 0 Å². The molecule has 2 rings (SSSR count). The van der Waals surface area contributed by atoms with E-state index in [-0.39, 0.29) is 0 Å². The number of halogens is 1. The highest BCUT2D eigenvalue weighted by Gasteiger charge is 2.15. The van der Waals surface area contributed by atoms with Gasteiger partial charge in [0.25, 0.3) is 0 Å². The summed E-state index contributed by atoms with van der Waals surface area (Å²) in [4.78, 5) is 0. The fourth-order valence-electron chi connectivity index (χ4n) is 1.91. The van der Waals surface area contributed by atoms with Crippen molar-refractivity contribution < 1.29 is 0 Å². The lowest BCUT2D eigenvalue weighted by atomic mass is 10.00. The maximum Gasteiger partial charge on any atom is 0.153 e. The Morgan fingerprint density at radius 3 is 2.71 bits per heavy atom. The van der Waals surface area contributed by atoms with E-state index in [9.17, 15) is 0 Å². The smallest absolute Gasteiger partial charge is 0.153 e. The summed E-state index contributed by atoms with van der Waals surface area (Å²) < 4.78 is 1.04. The molecule has 4 heteroatoms. The van der Waals surface area contributed by atoms with Crippen molar-refractivity contribution in [3.8, 4) is 11.1 Å². The van der Waals surface area contributed by atoms with Crippen LogP contribution in [-0.4, -0.2) is 10.2 Å². The Kier molecular flexibility index (Phi) is 3.52. The summed E-state index contributed by atoms with van der Waals surface area (Å²) in [6, 6.07) is 8.06. The number of benzene rings is 1. The lowest BCUT2D eigenvalue weighted by Gasteiger charge is -2.08. The molecule has 0 radical (unpaired) electrons. The molecule has 1 aromatic carbocycles. The third-order valence-corrected chi connectivity index (χ3v) is 3.32. The monoisotopic (exact) mass is 293 g/mol. The number of hydrogen-bond acceptors (Lipinski definition) is 2. The second kappa shape index (κ2) is 4.92. The third-order valence-electron chi connectivity index (χ3n) is 2.62. The molecule has 1 aromatic heterocycles. The van der Waals surface area contributed by atoms with Crippen LogP contribution < -0.4 is 5.73 Å². The van der Waals surface area contributed by atoms with Crippen LogP contribution in [0.4, 0.5) is 5.82 Å². The molecule has 0 saturated carbocycles. The number of aromatic nitrogens is 2. The first kappa shape index (κ1) is 12.2. The Balaban J connectivity index is 2.51. The summed E-state index contributed by atoms with van der Waals surface area (Å²) in [7, 11) is 0. The number of rotatable bonds is 3. The van der Waals surface area contributed by atoms with Gasteiger partial charge in [-0.3, -0.25) is 5.10 Å². The fraction of sp³-hybridized carbons (Fsp3) is 0.308. The number of nitrogens with zero attached hydrogens (tertiary/aromatic N) is 1. The highest BCUT2D eigenvalue weighted by Crippen LogP contribution is 2.34. The van der Waals surface area contributed by atoms with Crippen molar-refractivity contribution in [1.29, 1.82) is 0 Å². The normalized spacial score (nSPS) is 11.1. The second-order valence-electron chi connectivity index (χ2n) is 4.54. The molecule has 0 aliphatic heterocycles. The van der Waals surface area contributed by atoms with E-state index in [1.54, 1.807) is 0 Å². The van der Waals surface area contributed by atoms with Crippen molar-refractivity contribution in [3.63, 3.8) is 0 Å².